The predicted octanol–water partition coefficient (Wildman–Crippen LogP) is 4.97. The number of carbonyl (C=O) groups is 1. The molecule has 0 fully saturated rings. The molecule has 1 N–H and O–H groups in total. The van der Waals surface area contributed by atoms with Crippen molar-refractivity contribution < 1.29 is 14.3 Å². The summed E-state index contributed by atoms with van der Waals surface area (Å²) in [5, 5.41) is 15.9. The molecule has 0 spiro atoms. The van der Waals surface area contributed by atoms with Gasteiger partial charge in [0, 0.05) is 23.5 Å². The number of carbonyl (C=O) groups excluding carboxylic acids is 1. The fourth-order valence-electron chi connectivity index (χ4n) is 4.33. The highest BCUT2D eigenvalue weighted by molar-refractivity contribution is 8.26. The fourth-order valence-corrected chi connectivity index (χ4v) is 5.25. The van der Waals surface area contributed by atoms with Crippen molar-refractivity contribution in [1.29, 1.82) is 5.41 Å². The number of methoxy groups -OCH3 is 2. The predicted molar refractivity (Wildman–Crippen MR) is 144 cm³/mol. The number of nitrogens with one attached hydrogen (secondary N) is 1. The normalized spacial score (nSPS) is 16.2. The standard InChI is InChI=1S/C27H25N5O3S/c1-16-12-19(17(2)31(16)20-8-6-5-7-9-20)15-21-25(28)32-27(29-26(21)33)36-24(30-32)14-18-10-11-22(34-3)23(13-18)35-4/h5-13,15,28H,14H2,1-4H3/b21-15+,28-25?. The van der Waals surface area contributed by atoms with Crippen molar-refractivity contribution in [3.05, 3.63) is 82.7 Å². The van der Waals surface area contributed by atoms with Crippen LogP contribution < -0.4 is 9.47 Å². The highest BCUT2D eigenvalue weighted by Gasteiger charge is 2.35. The molecule has 2 aliphatic heterocycles. The largest absolute Gasteiger partial charge is 0.493 e. The molecule has 0 bridgehead atoms. The summed E-state index contributed by atoms with van der Waals surface area (Å²) in [5.41, 5.74) is 5.11. The number of amides is 1. The zero-order valence-electron chi connectivity index (χ0n) is 20.4. The first-order chi connectivity index (χ1) is 17.4. The van der Waals surface area contributed by atoms with Crippen molar-refractivity contribution in [2.45, 2.75) is 20.3 Å². The van der Waals surface area contributed by atoms with Gasteiger partial charge in [-0.1, -0.05) is 24.3 Å². The van der Waals surface area contributed by atoms with Gasteiger partial charge in [-0.05, 0) is 73.1 Å². The summed E-state index contributed by atoms with van der Waals surface area (Å²) in [7, 11) is 3.19. The first-order valence-corrected chi connectivity index (χ1v) is 12.2. The van der Waals surface area contributed by atoms with Gasteiger partial charge in [-0.15, -0.1) is 0 Å². The molecule has 1 aromatic heterocycles. The highest BCUT2D eigenvalue weighted by Crippen LogP contribution is 2.33. The second kappa shape index (κ2) is 9.50. The van der Waals surface area contributed by atoms with Crippen LogP contribution in [0.4, 0.5) is 0 Å². The third kappa shape index (κ3) is 4.22. The lowest BCUT2D eigenvalue weighted by atomic mass is 10.1. The Hall–Kier alpha value is -4.11. The van der Waals surface area contributed by atoms with E-state index in [1.807, 2.05) is 68.4 Å². The molecule has 2 aliphatic rings. The lowest BCUT2D eigenvalue weighted by molar-refractivity contribution is -0.114. The van der Waals surface area contributed by atoms with Crippen LogP contribution in [0.3, 0.4) is 0 Å². The summed E-state index contributed by atoms with van der Waals surface area (Å²) < 4.78 is 12.8. The topological polar surface area (TPSA) is 92.3 Å². The molecule has 0 unspecified atom stereocenters. The minimum atomic E-state index is -0.439. The van der Waals surface area contributed by atoms with E-state index >= 15 is 0 Å². The number of aliphatic imine (C=N–C) groups is 1. The molecule has 2 aromatic carbocycles. The van der Waals surface area contributed by atoms with Gasteiger partial charge in [-0.2, -0.15) is 15.1 Å². The molecule has 0 aliphatic carbocycles. The molecule has 9 heteroatoms. The first-order valence-electron chi connectivity index (χ1n) is 11.3. The Labute approximate surface area is 213 Å². The molecule has 36 heavy (non-hydrogen) atoms. The quantitative estimate of drug-likeness (QED) is 0.483. The van der Waals surface area contributed by atoms with E-state index in [9.17, 15) is 4.79 Å². The van der Waals surface area contributed by atoms with Crippen molar-refractivity contribution in [3.8, 4) is 17.2 Å². The van der Waals surface area contributed by atoms with Crippen LogP contribution in [0, 0.1) is 19.3 Å². The lowest BCUT2D eigenvalue weighted by Gasteiger charge is -2.20. The second-order valence-electron chi connectivity index (χ2n) is 8.38. The molecule has 5 rings (SSSR count). The first kappa shape index (κ1) is 23.6. The Balaban J connectivity index is 1.42. The van der Waals surface area contributed by atoms with Gasteiger partial charge < -0.3 is 14.0 Å². The van der Waals surface area contributed by atoms with Crippen molar-refractivity contribution in [2.75, 3.05) is 14.2 Å². The van der Waals surface area contributed by atoms with Gasteiger partial charge in [0.25, 0.3) is 5.91 Å². The van der Waals surface area contributed by atoms with Crippen molar-refractivity contribution in [3.63, 3.8) is 0 Å². The number of thioether (sulfide) groups is 1. The Bertz CT molecular complexity index is 1470. The van der Waals surface area contributed by atoms with Crippen LogP contribution in [0.5, 0.6) is 11.5 Å². The lowest BCUT2D eigenvalue weighted by Crippen LogP contribution is -2.35. The summed E-state index contributed by atoms with van der Waals surface area (Å²) >= 11 is 1.30. The molecule has 1 amide bonds. The van der Waals surface area contributed by atoms with Crippen LogP contribution >= 0.6 is 11.8 Å². The molecule has 0 radical (unpaired) electrons. The van der Waals surface area contributed by atoms with Gasteiger partial charge in [0.05, 0.1) is 19.8 Å². The number of amidine groups is 2. The summed E-state index contributed by atoms with van der Waals surface area (Å²) in [6.07, 6.45) is 2.25. The highest BCUT2D eigenvalue weighted by atomic mass is 32.2. The zero-order valence-corrected chi connectivity index (χ0v) is 21.2. The molecule has 0 saturated carbocycles. The molecular weight excluding hydrogens is 474 g/mol. The van der Waals surface area contributed by atoms with Crippen molar-refractivity contribution >= 4 is 39.8 Å². The van der Waals surface area contributed by atoms with E-state index in [0.29, 0.717) is 23.1 Å². The van der Waals surface area contributed by atoms with E-state index in [2.05, 4.69) is 14.7 Å². The summed E-state index contributed by atoms with van der Waals surface area (Å²) in [6, 6.07) is 17.7. The van der Waals surface area contributed by atoms with E-state index in [4.69, 9.17) is 14.9 Å². The zero-order chi connectivity index (χ0) is 25.4. The van der Waals surface area contributed by atoms with E-state index in [-0.39, 0.29) is 11.4 Å². The van der Waals surface area contributed by atoms with E-state index in [0.717, 1.165) is 33.2 Å². The summed E-state index contributed by atoms with van der Waals surface area (Å²) in [4.78, 5) is 17.2. The fraction of sp³-hybridized carbons (Fsp3) is 0.185. The maximum Gasteiger partial charge on any atom is 0.283 e. The van der Waals surface area contributed by atoms with Gasteiger partial charge in [0.1, 0.15) is 5.04 Å². The van der Waals surface area contributed by atoms with Gasteiger partial charge in [0.15, 0.2) is 17.3 Å². The minimum Gasteiger partial charge on any atom is -0.493 e. The smallest absolute Gasteiger partial charge is 0.283 e. The maximum absolute atomic E-state index is 12.9. The molecule has 182 valence electrons. The van der Waals surface area contributed by atoms with Crippen LogP contribution in [0.15, 0.2) is 70.3 Å². The molecule has 0 atom stereocenters. The van der Waals surface area contributed by atoms with Crippen LogP contribution in [-0.2, 0) is 11.2 Å². The van der Waals surface area contributed by atoms with Crippen LogP contribution in [-0.4, -0.2) is 45.7 Å². The van der Waals surface area contributed by atoms with Crippen LogP contribution in [0.1, 0.15) is 22.5 Å². The second-order valence-corrected chi connectivity index (χ2v) is 9.42. The number of nitrogens with zero attached hydrogens (tertiary/aromatic N) is 4. The summed E-state index contributed by atoms with van der Waals surface area (Å²) in [5.74, 6) is 0.864. The number of ether oxygens (including phenoxy) is 2. The van der Waals surface area contributed by atoms with Gasteiger partial charge in [-0.25, -0.2) is 0 Å². The van der Waals surface area contributed by atoms with Gasteiger partial charge in [-0.3, -0.25) is 10.2 Å². The van der Waals surface area contributed by atoms with Crippen LogP contribution in [0.2, 0.25) is 0 Å². The Morgan fingerprint density at radius 1 is 1.03 bits per heavy atom. The summed E-state index contributed by atoms with van der Waals surface area (Å²) in [6.45, 7) is 4.03. The number of rotatable bonds is 6. The Morgan fingerprint density at radius 2 is 1.78 bits per heavy atom. The molecule has 0 saturated heterocycles. The monoisotopic (exact) mass is 499 g/mol. The van der Waals surface area contributed by atoms with Crippen molar-refractivity contribution in [2.24, 2.45) is 10.1 Å². The third-order valence-electron chi connectivity index (χ3n) is 6.08. The Kier molecular flexibility index (Phi) is 6.24. The van der Waals surface area contributed by atoms with Crippen molar-refractivity contribution in [1.82, 2.24) is 9.58 Å². The molecule has 8 nitrogen and oxygen atoms in total. The molecule has 3 aromatic rings. The average molecular weight is 500 g/mol. The van der Waals surface area contributed by atoms with Gasteiger partial charge in [0.2, 0.25) is 5.17 Å². The molecular formula is C27H25N5O3S. The number of fused-ring (bicyclic) bond motifs is 1. The average Bonchev–Trinajstić information content (AvgIpc) is 3.41. The molecule has 3 heterocycles. The number of hydrazone groups is 1. The van der Waals surface area contributed by atoms with E-state index in [1.54, 1.807) is 20.3 Å². The van der Waals surface area contributed by atoms with E-state index < -0.39 is 5.91 Å². The van der Waals surface area contributed by atoms with E-state index in [1.165, 1.54) is 16.8 Å². The maximum atomic E-state index is 12.9. The number of hydrogen-bond donors (Lipinski definition) is 1. The van der Waals surface area contributed by atoms with Gasteiger partial charge >= 0.3 is 0 Å². The van der Waals surface area contributed by atoms with Crippen LogP contribution in [0.25, 0.3) is 11.8 Å². The number of para-hydroxylation sites is 1. The Morgan fingerprint density at radius 3 is 2.50 bits per heavy atom. The number of hydrogen-bond acceptors (Lipinski definition) is 6. The SMILES string of the molecule is COc1ccc(CC2=NN3C(=N)/C(=C\c4cc(C)n(-c5ccccc5)c4C)C(=O)N=C3S2)cc1OC. The number of benzene rings is 2. The minimum absolute atomic E-state index is 0.0179. The third-order valence-corrected chi connectivity index (χ3v) is 6.99. The number of aromatic nitrogens is 1. The number of aryl methyl sites for hydroxylation is 1.